The molecule has 0 aliphatic rings. The van der Waals surface area contributed by atoms with Crippen molar-refractivity contribution < 1.29 is 0 Å². The Hall–Kier alpha value is -0.900. The number of nitrogens with two attached hydrogens (primary N) is 1. The first kappa shape index (κ1) is 12.2. The second-order valence-electron chi connectivity index (χ2n) is 4.39. The molecule has 1 aromatic rings. The van der Waals surface area contributed by atoms with Crippen LogP contribution >= 0.6 is 0 Å². The third-order valence-corrected chi connectivity index (χ3v) is 3.27. The fraction of sp³-hybridized carbons (Fsp3) is 0.818. The maximum atomic E-state index is 5.85. The monoisotopic (exact) mass is 210 g/mol. The van der Waals surface area contributed by atoms with Crippen molar-refractivity contribution in [3.8, 4) is 0 Å². The summed E-state index contributed by atoms with van der Waals surface area (Å²) in [6.07, 6.45) is 1.96. The van der Waals surface area contributed by atoms with Gasteiger partial charge in [-0.15, -0.1) is 0 Å². The molecule has 0 bridgehead atoms. The molecule has 0 fully saturated rings. The molecule has 0 aromatic carbocycles. The van der Waals surface area contributed by atoms with E-state index >= 15 is 0 Å². The maximum Gasteiger partial charge on any atom is 0.158 e. The van der Waals surface area contributed by atoms with E-state index in [1.165, 1.54) is 0 Å². The Morgan fingerprint density at radius 3 is 2.27 bits per heavy atom. The van der Waals surface area contributed by atoms with Crippen molar-refractivity contribution in [1.29, 1.82) is 0 Å². The van der Waals surface area contributed by atoms with Crippen molar-refractivity contribution in [2.45, 2.75) is 51.9 Å². The first-order chi connectivity index (χ1) is 7.09. The van der Waals surface area contributed by atoms with Gasteiger partial charge in [0.2, 0.25) is 0 Å². The fourth-order valence-corrected chi connectivity index (χ4v) is 1.72. The summed E-state index contributed by atoms with van der Waals surface area (Å²) in [5, 5.41) is 7.30. The van der Waals surface area contributed by atoms with Crippen LogP contribution < -0.4 is 5.73 Å². The second kappa shape index (κ2) is 4.75. The Morgan fingerprint density at radius 1 is 1.33 bits per heavy atom. The Kier molecular flexibility index (Phi) is 3.85. The average molecular weight is 210 g/mol. The summed E-state index contributed by atoms with van der Waals surface area (Å²) in [7, 11) is 0. The molecule has 0 aliphatic heterocycles. The largest absolute Gasteiger partial charge is 0.329 e. The topological polar surface area (TPSA) is 67.6 Å². The summed E-state index contributed by atoms with van der Waals surface area (Å²) < 4.78 is 0. The van der Waals surface area contributed by atoms with E-state index in [0.717, 1.165) is 24.5 Å². The third kappa shape index (κ3) is 2.20. The Morgan fingerprint density at radius 2 is 1.93 bits per heavy atom. The van der Waals surface area contributed by atoms with E-state index in [1.54, 1.807) is 0 Å². The molecule has 3 N–H and O–H groups in total. The van der Waals surface area contributed by atoms with E-state index in [9.17, 15) is 0 Å². The summed E-state index contributed by atoms with van der Waals surface area (Å²) in [6.45, 7) is 9.09. The van der Waals surface area contributed by atoms with Crippen molar-refractivity contribution in [3.63, 3.8) is 0 Å². The van der Waals surface area contributed by atoms with Gasteiger partial charge >= 0.3 is 0 Å². The maximum absolute atomic E-state index is 5.85. The Bertz CT molecular complexity index is 291. The van der Waals surface area contributed by atoms with Gasteiger partial charge in [-0.05, 0) is 12.8 Å². The lowest BCUT2D eigenvalue weighted by Gasteiger charge is -2.26. The molecule has 1 aromatic heterocycles. The van der Waals surface area contributed by atoms with E-state index in [1.807, 2.05) is 0 Å². The molecule has 4 heteroatoms. The normalized spacial score (nSPS) is 12.4. The average Bonchev–Trinajstić information content (AvgIpc) is 2.71. The van der Waals surface area contributed by atoms with Gasteiger partial charge in [-0.2, -0.15) is 5.10 Å². The highest BCUT2D eigenvalue weighted by Gasteiger charge is 2.31. The van der Waals surface area contributed by atoms with Gasteiger partial charge in [-0.3, -0.25) is 5.10 Å². The van der Waals surface area contributed by atoms with Crippen molar-refractivity contribution in [2.24, 2.45) is 5.73 Å². The van der Waals surface area contributed by atoms with E-state index < -0.39 is 0 Å². The van der Waals surface area contributed by atoms with Crippen LogP contribution in [0.1, 0.15) is 58.1 Å². The van der Waals surface area contributed by atoms with Crippen LogP contribution in [-0.2, 0) is 5.41 Å². The summed E-state index contributed by atoms with van der Waals surface area (Å²) in [4.78, 5) is 4.55. The first-order valence-corrected chi connectivity index (χ1v) is 5.72. The number of rotatable bonds is 5. The van der Waals surface area contributed by atoms with Crippen LogP contribution in [-0.4, -0.2) is 21.7 Å². The standard InChI is InChI=1S/C11H22N4/c1-5-11(6-2,7-12)10-13-9(8(3)4)14-15-10/h8H,5-7,12H2,1-4H3,(H,13,14,15). The van der Waals surface area contributed by atoms with E-state index in [4.69, 9.17) is 5.73 Å². The van der Waals surface area contributed by atoms with Crippen molar-refractivity contribution in [2.75, 3.05) is 6.54 Å². The number of aromatic amines is 1. The smallest absolute Gasteiger partial charge is 0.158 e. The molecule has 0 unspecified atom stereocenters. The van der Waals surface area contributed by atoms with Gasteiger partial charge < -0.3 is 5.73 Å². The highest BCUT2D eigenvalue weighted by molar-refractivity contribution is 5.09. The van der Waals surface area contributed by atoms with Gasteiger partial charge in [0.1, 0.15) is 5.82 Å². The van der Waals surface area contributed by atoms with Crippen LogP contribution in [0.15, 0.2) is 0 Å². The molecule has 4 nitrogen and oxygen atoms in total. The van der Waals surface area contributed by atoms with E-state index in [-0.39, 0.29) is 5.41 Å². The Balaban J connectivity index is 3.01. The summed E-state index contributed by atoms with van der Waals surface area (Å²) in [6, 6.07) is 0. The van der Waals surface area contributed by atoms with Gasteiger partial charge in [0.15, 0.2) is 5.82 Å². The van der Waals surface area contributed by atoms with Crippen molar-refractivity contribution >= 4 is 0 Å². The minimum atomic E-state index is -0.0519. The molecular formula is C11H22N4. The molecule has 1 rings (SSSR count). The molecule has 0 aliphatic carbocycles. The SMILES string of the molecule is CCC(CC)(CN)c1n[nH]c(C(C)C)n1. The third-order valence-electron chi connectivity index (χ3n) is 3.27. The highest BCUT2D eigenvalue weighted by atomic mass is 15.2. The molecule has 0 spiro atoms. The number of nitrogens with zero attached hydrogens (tertiary/aromatic N) is 2. The molecule has 0 radical (unpaired) electrons. The summed E-state index contributed by atoms with van der Waals surface area (Å²) in [5.74, 6) is 2.21. The molecule has 15 heavy (non-hydrogen) atoms. The second-order valence-corrected chi connectivity index (χ2v) is 4.39. The molecule has 0 amide bonds. The molecule has 0 atom stereocenters. The quantitative estimate of drug-likeness (QED) is 0.780. The zero-order valence-electron chi connectivity index (χ0n) is 10.2. The predicted molar refractivity (Wildman–Crippen MR) is 61.8 cm³/mol. The minimum Gasteiger partial charge on any atom is -0.329 e. The molecule has 0 saturated heterocycles. The van der Waals surface area contributed by atoms with Crippen molar-refractivity contribution in [1.82, 2.24) is 15.2 Å². The highest BCUT2D eigenvalue weighted by Crippen LogP contribution is 2.28. The lowest BCUT2D eigenvalue weighted by molar-refractivity contribution is 0.383. The van der Waals surface area contributed by atoms with Crippen molar-refractivity contribution in [3.05, 3.63) is 11.6 Å². The summed E-state index contributed by atoms with van der Waals surface area (Å²) >= 11 is 0. The number of hydrogen-bond donors (Lipinski definition) is 2. The zero-order chi connectivity index (χ0) is 11.5. The fourth-order valence-electron chi connectivity index (χ4n) is 1.72. The first-order valence-electron chi connectivity index (χ1n) is 5.72. The predicted octanol–water partition coefficient (Wildman–Crippen LogP) is 1.94. The van der Waals surface area contributed by atoms with Crippen LogP contribution in [0.5, 0.6) is 0 Å². The van der Waals surface area contributed by atoms with Gasteiger partial charge in [0.05, 0.1) is 0 Å². The van der Waals surface area contributed by atoms with Crippen LogP contribution in [0.4, 0.5) is 0 Å². The van der Waals surface area contributed by atoms with Gasteiger partial charge in [-0.1, -0.05) is 27.7 Å². The lowest BCUT2D eigenvalue weighted by Crippen LogP contribution is -2.35. The number of H-pyrrole nitrogens is 1. The molecular weight excluding hydrogens is 188 g/mol. The van der Waals surface area contributed by atoms with Crippen LogP contribution in [0.25, 0.3) is 0 Å². The van der Waals surface area contributed by atoms with Crippen LogP contribution in [0, 0.1) is 0 Å². The number of aromatic nitrogens is 3. The van der Waals surface area contributed by atoms with Gasteiger partial charge in [-0.25, -0.2) is 4.98 Å². The van der Waals surface area contributed by atoms with Crippen LogP contribution in [0.2, 0.25) is 0 Å². The number of hydrogen-bond acceptors (Lipinski definition) is 3. The Labute approximate surface area is 91.7 Å². The van der Waals surface area contributed by atoms with Crippen LogP contribution in [0.3, 0.4) is 0 Å². The molecule has 1 heterocycles. The molecule has 0 saturated carbocycles. The zero-order valence-corrected chi connectivity index (χ0v) is 10.2. The van der Waals surface area contributed by atoms with Gasteiger partial charge in [0.25, 0.3) is 0 Å². The van der Waals surface area contributed by atoms with E-state index in [2.05, 4.69) is 42.9 Å². The van der Waals surface area contributed by atoms with Gasteiger partial charge in [0, 0.05) is 17.9 Å². The minimum absolute atomic E-state index is 0.0519. The molecule has 86 valence electrons. The van der Waals surface area contributed by atoms with E-state index in [0.29, 0.717) is 12.5 Å². The number of nitrogens with one attached hydrogen (secondary N) is 1. The lowest BCUT2D eigenvalue weighted by atomic mass is 9.82. The summed E-state index contributed by atoms with van der Waals surface area (Å²) in [5.41, 5.74) is 5.80.